The Kier molecular flexibility index (Phi) is 3.37. The molecular weight excluding hydrogens is 304 g/mol. The molecule has 3 rings (SSSR count). The molecule has 19 heavy (non-hydrogen) atoms. The highest BCUT2D eigenvalue weighted by molar-refractivity contribution is 9.10. The standard InChI is InChI=1S/C14H11BrN4/c15-11-4-5-12(17-8-11)9-18-13-6-3-10-2-1-7-16-14(10)19-13/h1-8H,9H2,(H,16,18,19). The van der Waals surface area contributed by atoms with Gasteiger partial charge in [0.2, 0.25) is 0 Å². The molecule has 3 heterocycles. The second-order valence-corrected chi connectivity index (χ2v) is 4.98. The van der Waals surface area contributed by atoms with Crippen LogP contribution in [0.4, 0.5) is 5.82 Å². The Labute approximate surface area is 119 Å². The highest BCUT2D eigenvalue weighted by atomic mass is 79.9. The minimum atomic E-state index is 0.638. The molecule has 0 atom stereocenters. The molecule has 3 aromatic rings. The van der Waals surface area contributed by atoms with E-state index < -0.39 is 0 Å². The summed E-state index contributed by atoms with van der Waals surface area (Å²) in [5.74, 6) is 0.802. The number of rotatable bonds is 3. The third kappa shape index (κ3) is 2.88. The van der Waals surface area contributed by atoms with Gasteiger partial charge in [-0.1, -0.05) is 0 Å². The highest BCUT2D eigenvalue weighted by Gasteiger charge is 1.99. The van der Waals surface area contributed by atoms with E-state index in [2.05, 4.69) is 36.2 Å². The fourth-order valence-corrected chi connectivity index (χ4v) is 1.98. The normalized spacial score (nSPS) is 10.6. The predicted octanol–water partition coefficient (Wildman–Crippen LogP) is 3.40. The SMILES string of the molecule is Brc1ccc(CNc2ccc3cccnc3n2)nc1. The first-order valence-electron chi connectivity index (χ1n) is 5.87. The van der Waals surface area contributed by atoms with E-state index in [1.54, 1.807) is 12.4 Å². The summed E-state index contributed by atoms with van der Waals surface area (Å²) in [7, 11) is 0. The highest BCUT2D eigenvalue weighted by Crippen LogP contribution is 2.13. The maximum absolute atomic E-state index is 4.45. The average molecular weight is 315 g/mol. The number of nitrogens with zero attached hydrogens (tertiary/aromatic N) is 3. The molecule has 0 aliphatic heterocycles. The topological polar surface area (TPSA) is 50.7 Å². The van der Waals surface area contributed by atoms with Crippen LogP contribution >= 0.6 is 15.9 Å². The van der Waals surface area contributed by atoms with Crippen molar-refractivity contribution in [1.82, 2.24) is 15.0 Å². The van der Waals surface area contributed by atoms with Crippen LogP contribution in [0, 0.1) is 0 Å². The first kappa shape index (κ1) is 12.0. The summed E-state index contributed by atoms with van der Waals surface area (Å²) in [5, 5.41) is 4.28. The molecule has 0 bridgehead atoms. The van der Waals surface area contributed by atoms with Gasteiger partial charge in [-0.05, 0) is 52.3 Å². The maximum atomic E-state index is 4.45. The zero-order chi connectivity index (χ0) is 13.1. The van der Waals surface area contributed by atoms with Crippen molar-refractivity contribution in [2.24, 2.45) is 0 Å². The fraction of sp³-hybridized carbons (Fsp3) is 0.0714. The number of pyridine rings is 3. The van der Waals surface area contributed by atoms with Crippen molar-refractivity contribution in [2.45, 2.75) is 6.54 Å². The van der Waals surface area contributed by atoms with Gasteiger partial charge in [-0.25, -0.2) is 9.97 Å². The molecule has 0 aromatic carbocycles. The van der Waals surface area contributed by atoms with Crippen LogP contribution in [0.3, 0.4) is 0 Å². The van der Waals surface area contributed by atoms with E-state index in [-0.39, 0.29) is 0 Å². The quantitative estimate of drug-likeness (QED) is 0.805. The van der Waals surface area contributed by atoms with Crippen molar-refractivity contribution in [1.29, 1.82) is 0 Å². The Hall–Kier alpha value is -2.01. The smallest absolute Gasteiger partial charge is 0.161 e. The van der Waals surface area contributed by atoms with Crippen molar-refractivity contribution in [3.05, 3.63) is 59.0 Å². The summed E-state index contributed by atoms with van der Waals surface area (Å²) in [5.41, 5.74) is 1.71. The van der Waals surface area contributed by atoms with Crippen LogP contribution in [0.2, 0.25) is 0 Å². The van der Waals surface area contributed by atoms with Gasteiger partial charge in [0.25, 0.3) is 0 Å². The molecular formula is C14H11BrN4. The minimum absolute atomic E-state index is 0.638. The lowest BCUT2D eigenvalue weighted by Gasteiger charge is -2.06. The molecule has 0 fully saturated rings. The minimum Gasteiger partial charge on any atom is -0.364 e. The maximum Gasteiger partial charge on any atom is 0.161 e. The number of hydrogen-bond acceptors (Lipinski definition) is 4. The lowest BCUT2D eigenvalue weighted by atomic mass is 10.3. The third-order valence-corrected chi connectivity index (χ3v) is 3.17. The second kappa shape index (κ2) is 5.32. The molecule has 0 saturated heterocycles. The van der Waals surface area contributed by atoms with Gasteiger partial charge in [0.15, 0.2) is 5.65 Å². The Morgan fingerprint density at radius 1 is 1.05 bits per heavy atom. The molecule has 4 nitrogen and oxygen atoms in total. The molecule has 0 saturated carbocycles. The van der Waals surface area contributed by atoms with E-state index in [0.717, 1.165) is 27.0 Å². The van der Waals surface area contributed by atoms with E-state index in [9.17, 15) is 0 Å². The molecule has 0 radical (unpaired) electrons. The summed E-state index contributed by atoms with van der Waals surface area (Å²) in [6, 6.07) is 11.8. The predicted molar refractivity (Wildman–Crippen MR) is 78.8 cm³/mol. The molecule has 0 unspecified atom stereocenters. The molecule has 0 spiro atoms. The number of halogens is 1. The summed E-state index contributed by atoms with van der Waals surface area (Å²) in [4.78, 5) is 13.0. The molecule has 1 N–H and O–H groups in total. The van der Waals surface area contributed by atoms with Gasteiger partial charge < -0.3 is 5.32 Å². The lowest BCUT2D eigenvalue weighted by molar-refractivity contribution is 1.03. The van der Waals surface area contributed by atoms with Crippen LogP contribution in [0.5, 0.6) is 0 Å². The molecule has 3 aromatic heterocycles. The molecule has 0 aliphatic carbocycles. The lowest BCUT2D eigenvalue weighted by Crippen LogP contribution is -2.03. The Morgan fingerprint density at radius 3 is 2.84 bits per heavy atom. The number of fused-ring (bicyclic) bond motifs is 1. The van der Waals surface area contributed by atoms with Crippen LogP contribution in [0.15, 0.2) is 53.3 Å². The van der Waals surface area contributed by atoms with Crippen molar-refractivity contribution >= 4 is 32.8 Å². The van der Waals surface area contributed by atoms with Crippen molar-refractivity contribution in [3.63, 3.8) is 0 Å². The first-order chi connectivity index (χ1) is 9.31. The van der Waals surface area contributed by atoms with E-state index >= 15 is 0 Å². The Balaban J connectivity index is 1.76. The van der Waals surface area contributed by atoms with E-state index in [4.69, 9.17) is 0 Å². The van der Waals surface area contributed by atoms with Gasteiger partial charge in [-0.15, -0.1) is 0 Å². The van der Waals surface area contributed by atoms with Crippen LogP contribution in [-0.4, -0.2) is 15.0 Å². The van der Waals surface area contributed by atoms with Gasteiger partial charge in [-0.3, -0.25) is 4.98 Å². The first-order valence-corrected chi connectivity index (χ1v) is 6.67. The van der Waals surface area contributed by atoms with Gasteiger partial charge in [-0.2, -0.15) is 0 Å². The van der Waals surface area contributed by atoms with E-state index in [1.165, 1.54) is 0 Å². The zero-order valence-corrected chi connectivity index (χ0v) is 11.6. The average Bonchev–Trinajstić information content (AvgIpc) is 2.46. The largest absolute Gasteiger partial charge is 0.364 e. The fourth-order valence-electron chi connectivity index (χ4n) is 1.74. The third-order valence-electron chi connectivity index (χ3n) is 2.70. The van der Waals surface area contributed by atoms with Gasteiger partial charge in [0, 0.05) is 22.3 Å². The van der Waals surface area contributed by atoms with Crippen LogP contribution < -0.4 is 5.32 Å². The van der Waals surface area contributed by atoms with Crippen molar-refractivity contribution in [2.75, 3.05) is 5.32 Å². The molecule has 94 valence electrons. The number of anilines is 1. The van der Waals surface area contributed by atoms with Crippen molar-refractivity contribution < 1.29 is 0 Å². The molecule has 5 heteroatoms. The van der Waals surface area contributed by atoms with Gasteiger partial charge in [0.05, 0.1) is 12.2 Å². The van der Waals surface area contributed by atoms with Gasteiger partial charge >= 0.3 is 0 Å². The summed E-state index contributed by atoms with van der Waals surface area (Å²) in [6.07, 6.45) is 3.53. The summed E-state index contributed by atoms with van der Waals surface area (Å²) in [6.45, 7) is 0.638. The summed E-state index contributed by atoms with van der Waals surface area (Å²) < 4.78 is 0.976. The number of hydrogen-bond donors (Lipinski definition) is 1. The zero-order valence-electron chi connectivity index (χ0n) is 10.0. The second-order valence-electron chi connectivity index (χ2n) is 4.07. The van der Waals surface area contributed by atoms with Crippen molar-refractivity contribution in [3.8, 4) is 0 Å². The monoisotopic (exact) mass is 314 g/mol. The summed E-state index contributed by atoms with van der Waals surface area (Å²) >= 11 is 3.37. The Bertz CT molecular complexity index is 697. The van der Waals surface area contributed by atoms with E-state index in [1.807, 2.05) is 36.4 Å². The molecule has 0 amide bonds. The van der Waals surface area contributed by atoms with Crippen LogP contribution in [0.25, 0.3) is 11.0 Å². The number of aromatic nitrogens is 3. The van der Waals surface area contributed by atoms with Crippen LogP contribution in [0.1, 0.15) is 5.69 Å². The van der Waals surface area contributed by atoms with Crippen LogP contribution in [-0.2, 0) is 6.54 Å². The van der Waals surface area contributed by atoms with E-state index in [0.29, 0.717) is 6.54 Å². The number of nitrogens with one attached hydrogen (secondary N) is 1. The molecule has 0 aliphatic rings. The van der Waals surface area contributed by atoms with Gasteiger partial charge in [0.1, 0.15) is 5.82 Å². The Morgan fingerprint density at radius 2 is 2.00 bits per heavy atom.